The monoisotopic (exact) mass is 258 g/mol. The number of nitrogens with zero attached hydrogens (tertiary/aromatic N) is 1. The predicted octanol–water partition coefficient (Wildman–Crippen LogP) is -2.22. The number of carbonyl (C=O) groups is 2. The van der Waals surface area contributed by atoms with E-state index in [1.807, 2.05) is 0 Å². The number of hydrogen-bond acceptors (Lipinski definition) is 5. The van der Waals surface area contributed by atoms with Gasteiger partial charge in [-0.1, -0.05) is 0 Å². The van der Waals surface area contributed by atoms with E-state index in [1.54, 1.807) is 4.98 Å². The Bertz CT molecular complexity index is 589. The third-order valence-corrected chi connectivity index (χ3v) is 1.99. The average Bonchev–Trinajstić information content (AvgIpc) is 2.30. The Balaban J connectivity index is 2.86. The summed E-state index contributed by atoms with van der Waals surface area (Å²) in [6.45, 7) is 0.872. The first kappa shape index (κ1) is 13.8. The summed E-state index contributed by atoms with van der Waals surface area (Å²) in [5.41, 5.74) is 2.93. The van der Waals surface area contributed by atoms with Gasteiger partial charge in [0.2, 0.25) is 11.7 Å². The molecule has 0 saturated heterocycles. The molecule has 0 fully saturated rings. The van der Waals surface area contributed by atoms with E-state index in [1.165, 1.54) is 6.92 Å². The number of H-pyrrole nitrogens is 1. The normalized spacial score (nSPS) is 11.9. The molecule has 18 heavy (non-hydrogen) atoms. The summed E-state index contributed by atoms with van der Waals surface area (Å²) in [4.78, 5) is 46.1. The maximum atomic E-state index is 12.9. The van der Waals surface area contributed by atoms with Gasteiger partial charge in [-0.2, -0.15) is 4.39 Å². The minimum Gasteiger partial charge on any atom is -0.346 e. The molecule has 0 unspecified atom stereocenters. The van der Waals surface area contributed by atoms with Crippen LogP contribution in [0.1, 0.15) is 11.7 Å². The summed E-state index contributed by atoms with van der Waals surface area (Å²) in [6.07, 6.45) is 0.460. The lowest BCUT2D eigenvalue weighted by Gasteiger charge is -2.07. The van der Waals surface area contributed by atoms with Gasteiger partial charge < -0.3 is 11.1 Å². The van der Waals surface area contributed by atoms with Crippen molar-refractivity contribution in [1.29, 1.82) is 0 Å². The maximum Gasteiger partial charge on any atom is 0.335 e. The zero-order valence-corrected chi connectivity index (χ0v) is 9.40. The minimum absolute atomic E-state index is 0.359. The van der Waals surface area contributed by atoms with Gasteiger partial charge in [-0.25, -0.2) is 9.36 Å². The van der Waals surface area contributed by atoms with E-state index in [0.29, 0.717) is 10.8 Å². The summed E-state index contributed by atoms with van der Waals surface area (Å²) in [6, 6.07) is -0.818. The molecule has 0 aliphatic rings. The standard InChI is InChI=1S/C9H11FN4O4/c1-4(11)7(16)12-2-6(15)14-3-5(10)8(17)13-9(14)18/h3-4H,2,11H2,1H3,(H,12,16)(H,13,17,18)/t4-/m1/s1. The van der Waals surface area contributed by atoms with Gasteiger partial charge in [-0.05, 0) is 6.92 Å². The molecular weight excluding hydrogens is 247 g/mol. The zero-order chi connectivity index (χ0) is 13.9. The SMILES string of the molecule is C[C@@H](N)C(=O)NCC(=O)n1cc(F)c(=O)[nH]c1=O. The van der Waals surface area contributed by atoms with Crippen LogP contribution in [0, 0.1) is 5.82 Å². The van der Waals surface area contributed by atoms with Crippen LogP contribution in [0.15, 0.2) is 15.8 Å². The molecule has 0 aliphatic heterocycles. The highest BCUT2D eigenvalue weighted by Gasteiger charge is 2.13. The zero-order valence-electron chi connectivity index (χ0n) is 9.40. The van der Waals surface area contributed by atoms with Crippen LogP contribution >= 0.6 is 0 Å². The molecule has 1 rings (SSSR count). The van der Waals surface area contributed by atoms with Crippen LogP contribution in [0.5, 0.6) is 0 Å². The van der Waals surface area contributed by atoms with Crippen LogP contribution in [-0.2, 0) is 4.79 Å². The number of aromatic nitrogens is 2. The molecule has 98 valence electrons. The highest BCUT2D eigenvalue weighted by molar-refractivity contribution is 5.87. The third kappa shape index (κ3) is 3.10. The van der Waals surface area contributed by atoms with Gasteiger partial charge >= 0.3 is 5.69 Å². The summed E-state index contributed by atoms with van der Waals surface area (Å²) < 4.78 is 13.2. The number of nitrogens with two attached hydrogens (primary N) is 1. The van der Waals surface area contributed by atoms with Crippen molar-refractivity contribution < 1.29 is 14.0 Å². The van der Waals surface area contributed by atoms with Crippen LogP contribution in [0.4, 0.5) is 4.39 Å². The van der Waals surface area contributed by atoms with Gasteiger partial charge in [0, 0.05) is 0 Å². The van der Waals surface area contributed by atoms with Gasteiger partial charge in [0.1, 0.15) is 0 Å². The minimum atomic E-state index is -1.28. The fraction of sp³-hybridized carbons (Fsp3) is 0.333. The van der Waals surface area contributed by atoms with Crippen LogP contribution in [0.3, 0.4) is 0 Å². The van der Waals surface area contributed by atoms with Crippen molar-refractivity contribution in [2.75, 3.05) is 6.54 Å². The number of halogens is 1. The molecule has 0 spiro atoms. The van der Waals surface area contributed by atoms with Crippen molar-refractivity contribution in [1.82, 2.24) is 14.9 Å². The van der Waals surface area contributed by atoms with Crippen molar-refractivity contribution in [3.05, 3.63) is 32.9 Å². The summed E-state index contributed by atoms with van der Waals surface area (Å²) in [5.74, 6) is -2.77. The average molecular weight is 258 g/mol. The van der Waals surface area contributed by atoms with Gasteiger partial charge in [-0.15, -0.1) is 0 Å². The van der Waals surface area contributed by atoms with E-state index in [0.717, 1.165) is 0 Å². The number of nitrogens with one attached hydrogen (secondary N) is 2. The summed E-state index contributed by atoms with van der Waals surface area (Å²) in [7, 11) is 0. The molecule has 8 nitrogen and oxygen atoms in total. The maximum absolute atomic E-state index is 12.9. The smallest absolute Gasteiger partial charge is 0.335 e. The lowest BCUT2D eigenvalue weighted by molar-refractivity contribution is -0.121. The third-order valence-electron chi connectivity index (χ3n) is 1.99. The van der Waals surface area contributed by atoms with Crippen molar-refractivity contribution in [2.24, 2.45) is 5.73 Å². The van der Waals surface area contributed by atoms with Crippen LogP contribution in [0.25, 0.3) is 0 Å². The second-order valence-corrected chi connectivity index (χ2v) is 3.51. The van der Waals surface area contributed by atoms with Gasteiger partial charge in [0.25, 0.3) is 11.5 Å². The first-order valence-corrected chi connectivity index (χ1v) is 4.91. The van der Waals surface area contributed by atoms with Crippen molar-refractivity contribution in [3.8, 4) is 0 Å². The van der Waals surface area contributed by atoms with Crippen molar-refractivity contribution >= 4 is 11.8 Å². The Hall–Kier alpha value is -2.29. The molecule has 1 heterocycles. The lowest BCUT2D eigenvalue weighted by Crippen LogP contribution is -2.44. The van der Waals surface area contributed by atoms with E-state index in [4.69, 9.17) is 5.73 Å². The molecule has 1 aromatic rings. The molecule has 0 saturated carbocycles. The molecule has 4 N–H and O–H groups in total. The molecule has 0 radical (unpaired) electrons. The Morgan fingerprint density at radius 2 is 2.17 bits per heavy atom. The van der Waals surface area contributed by atoms with Gasteiger partial charge in [-0.3, -0.25) is 19.4 Å². The van der Waals surface area contributed by atoms with Crippen LogP contribution in [-0.4, -0.2) is 34.0 Å². The summed E-state index contributed by atoms with van der Waals surface area (Å²) >= 11 is 0. The number of amides is 1. The highest BCUT2D eigenvalue weighted by atomic mass is 19.1. The molecule has 1 aromatic heterocycles. The first-order chi connectivity index (χ1) is 8.32. The van der Waals surface area contributed by atoms with Crippen molar-refractivity contribution in [2.45, 2.75) is 13.0 Å². The first-order valence-electron chi connectivity index (χ1n) is 4.91. The highest BCUT2D eigenvalue weighted by Crippen LogP contribution is 1.84. The second-order valence-electron chi connectivity index (χ2n) is 3.51. The Morgan fingerprint density at radius 1 is 1.56 bits per heavy atom. The van der Waals surface area contributed by atoms with Crippen LogP contribution < -0.4 is 22.3 Å². The Labute approximate surface area is 99.6 Å². The number of aromatic amines is 1. The molecule has 1 atom stereocenters. The van der Waals surface area contributed by atoms with Gasteiger partial charge in [0.15, 0.2) is 0 Å². The van der Waals surface area contributed by atoms with E-state index in [2.05, 4.69) is 5.32 Å². The molecule has 9 heteroatoms. The predicted molar refractivity (Wildman–Crippen MR) is 58.6 cm³/mol. The van der Waals surface area contributed by atoms with E-state index >= 15 is 0 Å². The largest absolute Gasteiger partial charge is 0.346 e. The molecular formula is C9H11FN4O4. The molecule has 0 bridgehead atoms. The number of carbonyl (C=O) groups excluding carboxylic acids is 2. The van der Waals surface area contributed by atoms with Crippen molar-refractivity contribution in [3.63, 3.8) is 0 Å². The fourth-order valence-corrected chi connectivity index (χ4v) is 1.04. The fourth-order valence-electron chi connectivity index (χ4n) is 1.04. The number of rotatable bonds is 3. The molecule has 0 aliphatic carbocycles. The topological polar surface area (TPSA) is 127 Å². The van der Waals surface area contributed by atoms with E-state index < -0.39 is 41.5 Å². The lowest BCUT2D eigenvalue weighted by atomic mass is 10.3. The molecule has 1 amide bonds. The quantitative estimate of drug-likeness (QED) is 0.566. The van der Waals surface area contributed by atoms with E-state index in [-0.39, 0.29) is 0 Å². The summed E-state index contributed by atoms with van der Waals surface area (Å²) in [5, 5.41) is 2.15. The van der Waals surface area contributed by atoms with E-state index in [9.17, 15) is 23.6 Å². The molecule has 0 aromatic carbocycles. The number of hydrogen-bond donors (Lipinski definition) is 3. The van der Waals surface area contributed by atoms with Gasteiger partial charge in [0.05, 0.1) is 18.8 Å². The Morgan fingerprint density at radius 3 is 2.72 bits per heavy atom. The van der Waals surface area contributed by atoms with Crippen LogP contribution in [0.2, 0.25) is 0 Å². The Kier molecular flexibility index (Phi) is 4.10. The second kappa shape index (κ2) is 5.36.